The van der Waals surface area contributed by atoms with E-state index in [-0.39, 0.29) is 5.41 Å². The van der Waals surface area contributed by atoms with E-state index in [2.05, 4.69) is 30.7 Å². The summed E-state index contributed by atoms with van der Waals surface area (Å²) in [5.41, 5.74) is 8.74. The summed E-state index contributed by atoms with van der Waals surface area (Å²) in [6, 6.07) is 7.83. The Bertz CT molecular complexity index is 535. The number of hydrogen-bond acceptors (Lipinski definition) is 3. The van der Waals surface area contributed by atoms with E-state index in [1.807, 2.05) is 24.3 Å². The van der Waals surface area contributed by atoms with Crippen molar-refractivity contribution in [1.82, 2.24) is 9.97 Å². The van der Waals surface area contributed by atoms with Gasteiger partial charge in [0.05, 0.1) is 12.8 Å². The molecule has 0 amide bonds. The molecule has 0 aliphatic rings. The largest absolute Gasteiger partial charge is 0.497 e. The summed E-state index contributed by atoms with van der Waals surface area (Å²) in [7, 11) is 1.65. The molecule has 1 aromatic carbocycles. The Kier molecular flexibility index (Phi) is 3.03. The summed E-state index contributed by atoms with van der Waals surface area (Å²) in [5, 5.41) is 0. The average Bonchev–Trinajstić information content (AvgIpc) is 2.71. The molecule has 2 aromatic rings. The van der Waals surface area contributed by atoms with Crippen molar-refractivity contribution < 1.29 is 4.74 Å². The van der Waals surface area contributed by atoms with Crippen LogP contribution in [0.1, 0.15) is 26.5 Å². The van der Waals surface area contributed by atoms with Crippen LogP contribution in [-0.4, -0.2) is 17.1 Å². The van der Waals surface area contributed by atoms with E-state index < -0.39 is 0 Å². The molecule has 96 valence electrons. The molecule has 1 heterocycles. The Labute approximate surface area is 107 Å². The molecule has 4 nitrogen and oxygen atoms in total. The number of anilines is 1. The highest BCUT2D eigenvalue weighted by atomic mass is 16.5. The molecular weight excluding hydrogens is 226 g/mol. The van der Waals surface area contributed by atoms with E-state index in [4.69, 9.17) is 10.5 Å². The Hall–Kier alpha value is -1.97. The summed E-state index contributed by atoms with van der Waals surface area (Å²) in [6.45, 7) is 6.40. The van der Waals surface area contributed by atoms with Gasteiger partial charge in [-0.3, -0.25) is 0 Å². The number of imidazole rings is 1. The lowest BCUT2D eigenvalue weighted by Gasteiger charge is -2.18. The molecule has 0 atom stereocenters. The van der Waals surface area contributed by atoms with Gasteiger partial charge in [0.25, 0.3) is 0 Å². The maximum atomic E-state index is 5.78. The highest BCUT2D eigenvalue weighted by Gasteiger charge is 2.22. The molecular formula is C14H19N3O. The van der Waals surface area contributed by atoms with Crippen LogP contribution in [-0.2, 0) is 5.41 Å². The van der Waals surface area contributed by atoms with Crippen LogP contribution < -0.4 is 10.5 Å². The van der Waals surface area contributed by atoms with E-state index in [1.54, 1.807) is 7.11 Å². The third-order valence-corrected chi connectivity index (χ3v) is 2.84. The zero-order valence-electron chi connectivity index (χ0n) is 11.2. The zero-order valence-corrected chi connectivity index (χ0v) is 11.2. The van der Waals surface area contributed by atoms with E-state index in [9.17, 15) is 0 Å². The van der Waals surface area contributed by atoms with Gasteiger partial charge in [0.2, 0.25) is 0 Å². The van der Waals surface area contributed by atoms with Gasteiger partial charge in [-0.05, 0) is 24.3 Å². The van der Waals surface area contributed by atoms with Crippen LogP contribution in [0.2, 0.25) is 0 Å². The van der Waals surface area contributed by atoms with Gasteiger partial charge >= 0.3 is 0 Å². The van der Waals surface area contributed by atoms with Gasteiger partial charge in [-0.1, -0.05) is 20.8 Å². The fraction of sp³-hybridized carbons (Fsp3) is 0.357. The molecule has 4 heteroatoms. The van der Waals surface area contributed by atoms with Crippen molar-refractivity contribution in [3.05, 3.63) is 30.0 Å². The fourth-order valence-corrected chi connectivity index (χ4v) is 1.89. The normalized spacial score (nSPS) is 11.6. The molecule has 0 fully saturated rings. The molecule has 0 unspecified atom stereocenters. The van der Waals surface area contributed by atoms with Gasteiger partial charge in [-0.15, -0.1) is 0 Å². The SMILES string of the molecule is COc1ccc(-c2nc(N)[nH]c2C(C)(C)C)cc1. The first-order chi connectivity index (χ1) is 8.41. The lowest BCUT2D eigenvalue weighted by Crippen LogP contribution is -2.13. The molecule has 0 saturated carbocycles. The molecule has 0 saturated heterocycles. The number of H-pyrrole nitrogens is 1. The van der Waals surface area contributed by atoms with E-state index in [0.717, 1.165) is 22.7 Å². The van der Waals surface area contributed by atoms with Crippen molar-refractivity contribution in [2.45, 2.75) is 26.2 Å². The second-order valence-corrected chi connectivity index (χ2v) is 5.32. The number of hydrogen-bond donors (Lipinski definition) is 2. The Morgan fingerprint density at radius 1 is 1.17 bits per heavy atom. The van der Waals surface area contributed by atoms with Crippen LogP contribution in [0.4, 0.5) is 5.95 Å². The summed E-state index contributed by atoms with van der Waals surface area (Å²) in [6.07, 6.45) is 0. The molecule has 0 radical (unpaired) electrons. The topological polar surface area (TPSA) is 63.9 Å². The lowest BCUT2D eigenvalue weighted by atomic mass is 9.89. The van der Waals surface area contributed by atoms with Crippen LogP contribution >= 0.6 is 0 Å². The first-order valence-electron chi connectivity index (χ1n) is 5.92. The molecule has 0 aliphatic heterocycles. The van der Waals surface area contributed by atoms with Gasteiger partial charge in [-0.2, -0.15) is 0 Å². The number of aromatic nitrogens is 2. The van der Waals surface area contributed by atoms with Gasteiger partial charge in [-0.25, -0.2) is 4.98 Å². The number of nitrogens with two attached hydrogens (primary N) is 1. The van der Waals surface area contributed by atoms with Crippen LogP contribution in [0, 0.1) is 0 Å². The minimum Gasteiger partial charge on any atom is -0.497 e. The molecule has 0 aliphatic carbocycles. The quantitative estimate of drug-likeness (QED) is 0.855. The second kappa shape index (κ2) is 4.37. The van der Waals surface area contributed by atoms with Crippen molar-refractivity contribution >= 4 is 5.95 Å². The number of methoxy groups -OCH3 is 1. The summed E-state index contributed by atoms with van der Waals surface area (Å²) < 4.78 is 5.15. The lowest BCUT2D eigenvalue weighted by molar-refractivity contribution is 0.415. The van der Waals surface area contributed by atoms with Crippen molar-refractivity contribution in [3.8, 4) is 17.0 Å². The number of benzene rings is 1. The van der Waals surface area contributed by atoms with E-state index >= 15 is 0 Å². The van der Waals surface area contributed by atoms with Gasteiger partial charge in [0, 0.05) is 16.7 Å². The number of nitrogens with one attached hydrogen (secondary N) is 1. The summed E-state index contributed by atoms with van der Waals surface area (Å²) >= 11 is 0. The molecule has 0 spiro atoms. The number of rotatable bonds is 2. The summed E-state index contributed by atoms with van der Waals surface area (Å²) in [4.78, 5) is 7.53. The number of nitrogens with zero attached hydrogens (tertiary/aromatic N) is 1. The smallest absolute Gasteiger partial charge is 0.198 e. The molecule has 1 aromatic heterocycles. The average molecular weight is 245 g/mol. The van der Waals surface area contributed by atoms with Gasteiger partial charge in [0.1, 0.15) is 5.75 Å². The Balaban J connectivity index is 2.49. The fourth-order valence-electron chi connectivity index (χ4n) is 1.89. The highest BCUT2D eigenvalue weighted by Crippen LogP contribution is 2.32. The third kappa shape index (κ3) is 2.32. The highest BCUT2D eigenvalue weighted by molar-refractivity contribution is 5.65. The van der Waals surface area contributed by atoms with Crippen molar-refractivity contribution in [3.63, 3.8) is 0 Å². The van der Waals surface area contributed by atoms with Crippen molar-refractivity contribution in [2.24, 2.45) is 0 Å². The maximum Gasteiger partial charge on any atom is 0.198 e. The molecule has 3 N–H and O–H groups in total. The number of nitrogen functional groups attached to an aromatic ring is 1. The predicted molar refractivity (Wildman–Crippen MR) is 73.7 cm³/mol. The van der Waals surface area contributed by atoms with Crippen LogP contribution in [0.5, 0.6) is 5.75 Å². The minimum absolute atomic E-state index is 0.0279. The van der Waals surface area contributed by atoms with E-state index in [1.165, 1.54) is 0 Å². The standard InChI is InChI=1S/C14H19N3O/c1-14(2,3)12-11(16-13(15)17-12)9-5-7-10(18-4)8-6-9/h5-8H,1-4H3,(H3,15,16,17). The van der Waals surface area contributed by atoms with Crippen LogP contribution in [0.25, 0.3) is 11.3 Å². The Morgan fingerprint density at radius 2 is 1.78 bits per heavy atom. The minimum atomic E-state index is -0.0279. The van der Waals surface area contributed by atoms with Crippen LogP contribution in [0.3, 0.4) is 0 Å². The number of aromatic amines is 1. The Morgan fingerprint density at radius 3 is 2.28 bits per heavy atom. The maximum absolute atomic E-state index is 5.78. The molecule has 2 rings (SSSR count). The van der Waals surface area contributed by atoms with Gasteiger partial charge in [0.15, 0.2) is 5.95 Å². The molecule has 0 bridgehead atoms. The summed E-state index contributed by atoms with van der Waals surface area (Å²) in [5.74, 6) is 1.28. The van der Waals surface area contributed by atoms with Crippen LogP contribution in [0.15, 0.2) is 24.3 Å². The first kappa shape index (κ1) is 12.5. The second-order valence-electron chi connectivity index (χ2n) is 5.32. The number of ether oxygens (including phenoxy) is 1. The van der Waals surface area contributed by atoms with Gasteiger partial charge < -0.3 is 15.5 Å². The van der Waals surface area contributed by atoms with Crippen molar-refractivity contribution in [1.29, 1.82) is 0 Å². The predicted octanol–water partition coefficient (Wildman–Crippen LogP) is 2.97. The van der Waals surface area contributed by atoms with E-state index in [0.29, 0.717) is 5.95 Å². The third-order valence-electron chi connectivity index (χ3n) is 2.84. The van der Waals surface area contributed by atoms with Crippen molar-refractivity contribution in [2.75, 3.05) is 12.8 Å². The molecule has 18 heavy (non-hydrogen) atoms. The zero-order chi connectivity index (χ0) is 13.3. The first-order valence-corrected chi connectivity index (χ1v) is 5.92. The monoisotopic (exact) mass is 245 g/mol.